The third-order valence-corrected chi connectivity index (χ3v) is 11.7. The highest BCUT2D eigenvalue weighted by Gasteiger charge is 2.53. The van der Waals surface area contributed by atoms with Gasteiger partial charge in [0.1, 0.15) is 0 Å². The Hall–Kier alpha value is -6.96. The number of benzene rings is 9. The van der Waals surface area contributed by atoms with Crippen molar-refractivity contribution in [2.45, 2.75) is 5.41 Å². The van der Waals surface area contributed by atoms with Gasteiger partial charge in [0, 0.05) is 22.5 Å². The van der Waals surface area contributed by atoms with Crippen LogP contribution in [0.2, 0.25) is 0 Å². The number of rotatable bonds is 5. The Labute approximate surface area is 316 Å². The lowest BCUT2D eigenvalue weighted by Crippen LogP contribution is -2.26. The average molecular weight is 686 g/mol. The molecular formula is C53H35N. The molecule has 9 aromatic rings. The van der Waals surface area contributed by atoms with E-state index in [1.54, 1.807) is 0 Å². The minimum absolute atomic E-state index is 0.498. The Balaban J connectivity index is 1.34. The van der Waals surface area contributed by atoms with Crippen molar-refractivity contribution in [2.24, 2.45) is 0 Å². The second-order valence-corrected chi connectivity index (χ2v) is 14.4. The van der Waals surface area contributed by atoms with Crippen molar-refractivity contribution in [3.63, 3.8) is 0 Å². The molecule has 1 nitrogen and oxygen atoms in total. The Bertz CT molecular complexity index is 2810. The molecule has 0 unspecified atom stereocenters. The summed E-state index contributed by atoms with van der Waals surface area (Å²) in [4.78, 5) is 2.52. The molecule has 0 bridgehead atoms. The molecule has 2 aliphatic carbocycles. The SMILES string of the molecule is c1ccc(-c2ccc(N(c3ccccc3)c3c4c(c5ccccc5c3-c3ccccc3)C3(c5ccccc5-c5ccccc53)c3ccccc3-4)cc2)cc1. The third kappa shape index (κ3) is 4.27. The number of para-hydroxylation sites is 1. The van der Waals surface area contributed by atoms with Crippen LogP contribution in [0.4, 0.5) is 17.1 Å². The van der Waals surface area contributed by atoms with Gasteiger partial charge in [-0.2, -0.15) is 0 Å². The molecule has 0 saturated heterocycles. The van der Waals surface area contributed by atoms with Gasteiger partial charge < -0.3 is 4.90 Å². The minimum Gasteiger partial charge on any atom is -0.309 e. The largest absolute Gasteiger partial charge is 0.309 e. The van der Waals surface area contributed by atoms with Crippen LogP contribution in [0.5, 0.6) is 0 Å². The molecule has 0 fully saturated rings. The zero-order valence-electron chi connectivity index (χ0n) is 29.7. The molecule has 0 amide bonds. The Morgan fingerprint density at radius 3 is 1.33 bits per heavy atom. The van der Waals surface area contributed by atoms with Crippen molar-refractivity contribution in [3.05, 3.63) is 235 Å². The standard InChI is InChI=1S/C53H35N/c1-4-18-36(19-5-1)37-32-34-40(35-33-37)54(39-22-8-3-9-23-39)52-49(38-20-6-2-7-21-38)43-26-10-11-27-44(43)51-50(52)45-28-14-17-31-48(45)53(51)46-29-15-12-24-41(46)42-25-13-16-30-47(42)53/h1-35H. The minimum atomic E-state index is -0.498. The van der Waals surface area contributed by atoms with Crippen LogP contribution in [0.1, 0.15) is 22.3 Å². The molecule has 252 valence electrons. The molecule has 1 heteroatoms. The second kappa shape index (κ2) is 12.0. The van der Waals surface area contributed by atoms with Gasteiger partial charge in [-0.05, 0) is 90.7 Å². The molecule has 54 heavy (non-hydrogen) atoms. The van der Waals surface area contributed by atoms with Crippen molar-refractivity contribution in [2.75, 3.05) is 4.90 Å². The first-order chi connectivity index (χ1) is 26.8. The fourth-order valence-electron chi connectivity index (χ4n) is 9.57. The summed E-state index contributed by atoms with van der Waals surface area (Å²) >= 11 is 0. The number of hydrogen-bond donors (Lipinski definition) is 0. The van der Waals surface area contributed by atoms with Crippen LogP contribution in [0.15, 0.2) is 212 Å². The maximum absolute atomic E-state index is 2.52. The zero-order chi connectivity index (χ0) is 35.6. The van der Waals surface area contributed by atoms with Crippen LogP contribution in [-0.4, -0.2) is 0 Å². The predicted octanol–water partition coefficient (Wildman–Crippen LogP) is 14.0. The van der Waals surface area contributed by atoms with Gasteiger partial charge in [0.2, 0.25) is 0 Å². The van der Waals surface area contributed by atoms with E-state index in [1.807, 2.05) is 0 Å². The van der Waals surface area contributed by atoms with Gasteiger partial charge in [-0.25, -0.2) is 0 Å². The molecule has 0 radical (unpaired) electrons. The Morgan fingerprint density at radius 2 is 0.722 bits per heavy atom. The van der Waals surface area contributed by atoms with Crippen LogP contribution in [0.3, 0.4) is 0 Å². The van der Waals surface area contributed by atoms with Crippen LogP contribution < -0.4 is 4.90 Å². The number of hydrogen-bond acceptors (Lipinski definition) is 1. The summed E-state index contributed by atoms with van der Waals surface area (Å²) in [5, 5.41) is 2.53. The average Bonchev–Trinajstić information content (AvgIpc) is 3.73. The van der Waals surface area contributed by atoms with E-state index in [2.05, 4.69) is 217 Å². The zero-order valence-corrected chi connectivity index (χ0v) is 29.7. The predicted molar refractivity (Wildman–Crippen MR) is 226 cm³/mol. The molecule has 0 aliphatic heterocycles. The molecule has 1 spiro atoms. The summed E-state index contributed by atoms with van der Waals surface area (Å²) in [6, 6.07) is 78.2. The number of nitrogens with zero attached hydrogens (tertiary/aromatic N) is 1. The quantitative estimate of drug-likeness (QED) is 0.174. The van der Waals surface area contributed by atoms with E-state index in [9.17, 15) is 0 Å². The molecule has 0 atom stereocenters. The summed E-state index contributed by atoms with van der Waals surface area (Å²) in [5.74, 6) is 0. The first-order valence-corrected chi connectivity index (χ1v) is 18.8. The molecule has 9 aromatic carbocycles. The third-order valence-electron chi connectivity index (χ3n) is 11.7. The number of anilines is 3. The van der Waals surface area contributed by atoms with E-state index in [0.29, 0.717) is 0 Å². The summed E-state index contributed by atoms with van der Waals surface area (Å²) in [6.45, 7) is 0. The molecule has 11 rings (SSSR count). The number of fused-ring (bicyclic) bond motifs is 12. The lowest BCUT2D eigenvalue weighted by Gasteiger charge is -2.35. The van der Waals surface area contributed by atoms with Gasteiger partial charge in [0.05, 0.1) is 11.1 Å². The summed E-state index contributed by atoms with van der Waals surface area (Å²) in [7, 11) is 0. The second-order valence-electron chi connectivity index (χ2n) is 14.4. The van der Waals surface area contributed by atoms with Crippen molar-refractivity contribution in [3.8, 4) is 44.5 Å². The highest BCUT2D eigenvalue weighted by molar-refractivity contribution is 6.17. The molecule has 0 heterocycles. The van der Waals surface area contributed by atoms with E-state index in [4.69, 9.17) is 0 Å². The molecule has 2 aliphatic rings. The summed E-state index contributed by atoms with van der Waals surface area (Å²) in [6.07, 6.45) is 0. The van der Waals surface area contributed by atoms with Crippen molar-refractivity contribution < 1.29 is 0 Å². The topological polar surface area (TPSA) is 3.24 Å². The Morgan fingerprint density at radius 1 is 0.296 bits per heavy atom. The van der Waals surface area contributed by atoms with Gasteiger partial charge in [0.25, 0.3) is 0 Å². The fourth-order valence-corrected chi connectivity index (χ4v) is 9.57. The van der Waals surface area contributed by atoms with Gasteiger partial charge >= 0.3 is 0 Å². The summed E-state index contributed by atoms with van der Waals surface area (Å²) in [5.41, 5.74) is 18.3. The van der Waals surface area contributed by atoms with Gasteiger partial charge in [0.15, 0.2) is 0 Å². The first kappa shape index (κ1) is 30.6. The maximum Gasteiger partial charge on any atom is 0.0732 e. The van der Waals surface area contributed by atoms with Gasteiger partial charge in [-0.15, -0.1) is 0 Å². The molecule has 0 N–H and O–H groups in total. The highest BCUT2D eigenvalue weighted by atomic mass is 15.1. The van der Waals surface area contributed by atoms with Crippen LogP contribution in [0.25, 0.3) is 55.3 Å². The normalized spacial score (nSPS) is 13.0. The molecule has 0 aromatic heterocycles. The van der Waals surface area contributed by atoms with E-state index in [0.717, 1.165) is 11.4 Å². The lowest BCUT2D eigenvalue weighted by molar-refractivity contribution is 0.801. The molecule has 0 saturated carbocycles. The summed E-state index contributed by atoms with van der Waals surface area (Å²) < 4.78 is 0. The monoisotopic (exact) mass is 685 g/mol. The van der Waals surface area contributed by atoms with Crippen LogP contribution >= 0.6 is 0 Å². The van der Waals surface area contributed by atoms with Gasteiger partial charge in [-0.1, -0.05) is 188 Å². The fraction of sp³-hybridized carbons (Fsp3) is 0.0189. The first-order valence-electron chi connectivity index (χ1n) is 18.8. The lowest BCUT2D eigenvalue weighted by atomic mass is 9.69. The van der Waals surface area contributed by atoms with Crippen molar-refractivity contribution in [1.29, 1.82) is 0 Å². The highest BCUT2D eigenvalue weighted by Crippen LogP contribution is 2.67. The van der Waals surface area contributed by atoms with Gasteiger partial charge in [-0.3, -0.25) is 0 Å². The van der Waals surface area contributed by atoms with Crippen molar-refractivity contribution >= 4 is 27.8 Å². The van der Waals surface area contributed by atoms with Crippen LogP contribution in [0, 0.1) is 0 Å². The van der Waals surface area contributed by atoms with Crippen molar-refractivity contribution in [1.82, 2.24) is 0 Å². The Kier molecular flexibility index (Phi) is 6.84. The van der Waals surface area contributed by atoms with E-state index < -0.39 is 5.41 Å². The van der Waals surface area contributed by atoms with E-state index in [-0.39, 0.29) is 0 Å². The molecular weight excluding hydrogens is 651 g/mol. The smallest absolute Gasteiger partial charge is 0.0732 e. The van der Waals surface area contributed by atoms with E-state index >= 15 is 0 Å². The maximum atomic E-state index is 2.52. The van der Waals surface area contributed by atoms with E-state index in [1.165, 1.54) is 83.2 Å². The van der Waals surface area contributed by atoms with Crippen LogP contribution in [-0.2, 0) is 5.41 Å².